The smallest absolute Gasteiger partial charge is 0.389 e. The normalized spacial score (nSPS) is 20.9. The Kier molecular flexibility index (Phi) is 7.46. The monoisotopic (exact) mass is 517 g/mol. The Balaban J connectivity index is 1.50. The summed E-state index contributed by atoms with van der Waals surface area (Å²) >= 11 is 0. The van der Waals surface area contributed by atoms with Gasteiger partial charge in [0.05, 0.1) is 19.1 Å². The van der Waals surface area contributed by atoms with Crippen LogP contribution in [-0.2, 0) is 16.0 Å². The Morgan fingerprint density at radius 1 is 1.27 bits per heavy atom. The van der Waals surface area contributed by atoms with Crippen molar-refractivity contribution in [1.82, 2.24) is 15.3 Å². The Labute approximate surface area is 211 Å². The highest BCUT2D eigenvalue weighted by Crippen LogP contribution is 2.43. The summed E-state index contributed by atoms with van der Waals surface area (Å²) in [7, 11) is 1.48. The molecule has 2 amide bonds. The van der Waals surface area contributed by atoms with Crippen molar-refractivity contribution in [3.8, 4) is 22.9 Å². The van der Waals surface area contributed by atoms with Crippen molar-refractivity contribution in [2.45, 2.75) is 31.9 Å². The number of carbonyl (C=O) groups excluding carboxylic acids is 2. The van der Waals surface area contributed by atoms with E-state index >= 15 is 0 Å². The van der Waals surface area contributed by atoms with Crippen LogP contribution in [-0.4, -0.2) is 54.4 Å². The molecular weight excluding hydrogens is 491 g/mol. The van der Waals surface area contributed by atoms with Crippen molar-refractivity contribution in [1.29, 1.82) is 0 Å². The highest BCUT2D eigenvalue weighted by atomic mass is 19.4. The van der Waals surface area contributed by atoms with Gasteiger partial charge in [0.25, 0.3) is 5.91 Å². The van der Waals surface area contributed by atoms with Gasteiger partial charge in [0.2, 0.25) is 5.91 Å². The second-order valence-corrected chi connectivity index (χ2v) is 8.88. The maximum Gasteiger partial charge on any atom is 0.389 e. The van der Waals surface area contributed by atoms with Gasteiger partial charge in [0, 0.05) is 48.6 Å². The summed E-state index contributed by atoms with van der Waals surface area (Å²) in [6, 6.07) is 5.84. The quantitative estimate of drug-likeness (QED) is 0.518. The number of benzene rings is 1. The van der Waals surface area contributed by atoms with E-state index in [-0.39, 0.29) is 43.6 Å². The Morgan fingerprint density at radius 3 is 2.65 bits per heavy atom. The number of rotatable bonds is 8. The third-order valence-electron chi connectivity index (χ3n) is 6.55. The topological polar surface area (TPSA) is 129 Å². The molecule has 0 fully saturated rings. The molecule has 9 nitrogen and oxygen atoms in total. The number of nitrogens with two attached hydrogens (primary N) is 1. The molecule has 1 aromatic carbocycles. The number of amides is 2. The van der Waals surface area contributed by atoms with Gasteiger partial charge < -0.3 is 20.5 Å². The maximum absolute atomic E-state index is 12.7. The average molecular weight is 518 g/mol. The number of fused-ring (bicyclic) bond motifs is 1. The van der Waals surface area contributed by atoms with Crippen LogP contribution in [0.25, 0.3) is 11.1 Å². The molecule has 37 heavy (non-hydrogen) atoms. The number of alkyl halides is 3. The predicted molar refractivity (Wildman–Crippen MR) is 128 cm³/mol. The van der Waals surface area contributed by atoms with Crippen LogP contribution >= 0.6 is 0 Å². The molecule has 12 heteroatoms. The number of primary amides is 1. The van der Waals surface area contributed by atoms with E-state index in [9.17, 15) is 22.8 Å². The van der Waals surface area contributed by atoms with E-state index in [1.54, 1.807) is 12.4 Å². The third-order valence-corrected chi connectivity index (χ3v) is 6.55. The van der Waals surface area contributed by atoms with E-state index in [1.165, 1.54) is 19.4 Å². The molecule has 0 radical (unpaired) electrons. The zero-order chi connectivity index (χ0) is 26.6. The van der Waals surface area contributed by atoms with E-state index in [4.69, 9.17) is 15.2 Å². The summed E-state index contributed by atoms with van der Waals surface area (Å²) in [5, 5.41) is 2.43. The van der Waals surface area contributed by atoms with Crippen molar-refractivity contribution >= 4 is 18.0 Å². The number of allylic oxidation sites excluding steroid dienone is 1. The molecule has 1 unspecified atom stereocenters. The highest BCUT2D eigenvalue weighted by molar-refractivity contribution is 6.02. The zero-order valence-electron chi connectivity index (χ0n) is 20.0. The average Bonchev–Trinajstić information content (AvgIpc) is 2.90. The standard InChI is InChI=1S/C25H26F3N5O4/c1-36-23-31-11-15(12-32-23)17-4-2-5-20-18(17)10-16(13-37-20)24(22(29)35)8-6-19(33-14-24)21(34)30-9-3-7-25(26,27)28/h2,4-6,11-12,14,16H,3,7-10,13H2,1H3,(H2,29,35)(H,30,34)/t16-,24?/m1/s1. The lowest BCUT2D eigenvalue weighted by Crippen LogP contribution is -2.49. The SMILES string of the molecule is COc1ncc(-c2cccc3c2C[C@@H](C2(C(N)=O)C=NC(C(=O)NCCCC(F)(F)F)=CC2)CO3)cn1. The number of carbonyl (C=O) groups is 2. The number of halogens is 3. The molecule has 0 saturated heterocycles. The van der Waals surface area contributed by atoms with Crippen LogP contribution < -0.4 is 20.5 Å². The first kappa shape index (κ1) is 26.1. The first-order valence-electron chi connectivity index (χ1n) is 11.6. The van der Waals surface area contributed by atoms with Crippen molar-refractivity contribution in [2.75, 3.05) is 20.3 Å². The fraction of sp³-hybridized carbons (Fsp3) is 0.400. The minimum absolute atomic E-state index is 0.0251. The van der Waals surface area contributed by atoms with Gasteiger partial charge in [-0.3, -0.25) is 14.6 Å². The van der Waals surface area contributed by atoms with Crippen LogP contribution in [0.5, 0.6) is 11.8 Å². The molecule has 196 valence electrons. The maximum atomic E-state index is 12.7. The van der Waals surface area contributed by atoms with Crippen molar-refractivity contribution in [2.24, 2.45) is 22.1 Å². The van der Waals surface area contributed by atoms with Crippen LogP contribution in [0.1, 0.15) is 24.8 Å². The van der Waals surface area contributed by atoms with Crippen LogP contribution in [0.3, 0.4) is 0 Å². The molecule has 3 N–H and O–H groups in total. The second-order valence-electron chi connectivity index (χ2n) is 8.88. The van der Waals surface area contributed by atoms with Gasteiger partial charge in [-0.25, -0.2) is 9.97 Å². The summed E-state index contributed by atoms with van der Waals surface area (Å²) in [6.45, 7) is 0.0641. The minimum Gasteiger partial charge on any atom is -0.493 e. The molecule has 0 bridgehead atoms. The van der Waals surface area contributed by atoms with Gasteiger partial charge in [0.1, 0.15) is 11.4 Å². The number of methoxy groups -OCH3 is 1. The minimum atomic E-state index is -4.28. The third kappa shape index (κ3) is 5.73. The van der Waals surface area contributed by atoms with Crippen LogP contribution in [0, 0.1) is 11.3 Å². The van der Waals surface area contributed by atoms with E-state index in [0.717, 1.165) is 16.7 Å². The molecule has 2 aliphatic heterocycles. The summed E-state index contributed by atoms with van der Waals surface area (Å²) in [5.41, 5.74) is 7.10. The summed E-state index contributed by atoms with van der Waals surface area (Å²) < 4.78 is 48.0. The van der Waals surface area contributed by atoms with E-state index in [0.29, 0.717) is 12.2 Å². The van der Waals surface area contributed by atoms with Crippen LogP contribution in [0.15, 0.2) is 47.4 Å². The number of ether oxygens (including phenoxy) is 2. The highest BCUT2D eigenvalue weighted by Gasteiger charge is 2.46. The number of aliphatic imine (C=N–C) groups is 1. The predicted octanol–water partition coefficient (Wildman–Crippen LogP) is 2.99. The largest absolute Gasteiger partial charge is 0.493 e. The molecular formula is C25H26F3N5O4. The van der Waals surface area contributed by atoms with Gasteiger partial charge in [-0.05, 0) is 30.9 Å². The zero-order valence-corrected chi connectivity index (χ0v) is 20.0. The fourth-order valence-corrected chi connectivity index (χ4v) is 4.49. The van der Waals surface area contributed by atoms with Crippen molar-refractivity contribution in [3.05, 3.63) is 47.9 Å². The van der Waals surface area contributed by atoms with E-state index < -0.39 is 29.8 Å². The van der Waals surface area contributed by atoms with Gasteiger partial charge in [-0.2, -0.15) is 13.2 Å². The fourth-order valence-electron chi connectivity index (χ4n) is 4.49. The molecule has 2 aromatic rings. The summed E-state index contributed by atoms with van der Waals surface area (Å²) in [5.74, 6) is -0.927. The second kappa shape index (κ2) is 10.6. The lowest BCUT2D eigenvalue weighted by atomic mass is 9.68. The summed E-state index contributed by atoms with van der Waals surface area (Å²) in [6.07, 6.45) is 1.17. The van der Waals surface area contributed by atoms with E-state index in [2.05, 4.69) is 20.3 Å². The van der Waals surface area contributed by atoms with Crippen LogP contribution in [0.2, 0.25) is 0 Å². The first-order valence-corrected chi connectivity index (χ1v) is 11.6. The van der Waals surface area contributed by atoms with Gasteiger partial charge in [0.15, 0.2) is 0 Å². The number of nitrogens with one attached hydrogen (secondary N) is 1. The molecule has 2 aliphatic rings. The lowest BCUT2D eigenvalue weighted by molar-refractivity contribution is -0.136. The van der Waals surface area contributed by atoms with Crippen LogP contribution in [0.4, 0.5) is 13.2 Å². The molecule has 0 aliphatic carbocycles. The number of aromatic nitrogens is 2. The molecule has 1 aromatic heterocycles. The Morgan fingerprint density at radius 2 is 2.03 bits per heavy atom. The lowest BCUT2D eigenvalue weighted by Gasteiger charge is -2.39. The molecule has 2 atom stereocenters. The Hall–Kier alpha value is -3.96. The Bertz CT molecular complexity index is 1230. The summed E-state index contributed by atoms with van der Waals surface area (Å²) in [4.78, 5) is 37.6. The first-order chi connectivity index (χ1) is 17.6. The molecule has 4 rings (SSSR count). The molecule has 0 saturated carbocycles. The van der Waals surface area contributed by atoms with Crippen molar-refractivity contribution < 1.29 is 32.2 Å². The number of hydrogen-bond acceptors (Lipinski definition) is 7. The molecule has 0 spiro atoms. The van der Waals surface area contributed by atoms with Gasteiger partial charge in [-0.15, -0.1) is 0 Å². The number of nitrogens with zero attached hydrogens (tertiary/aromatic N) is 3. The van der Waals surface area contributed by atoms with E-state index in [1.807, 2.05) is 18.2 Å². The number of hydrogen-bond donors (Lipinski definition) is 2. The van der Waals surface area contributed by atoms with Gasteiger partial charge >= 0.3 is 12.2 Å². The molecule has 3 heterocycles. The van der Waals surface area contributed by atoms with Gasteiger partial charge in [-0.1, -0.05) is 18.2 Å². The van der Waals surface area contributed by atoms with Crippen molar-refractivity contribution in [3.63, 3.8) is 0 Å².